The summed E-state index contributed by atoms with van der Waals surface area (Å²) in [6.07, 6.45) is -3.35. The Kier molecular flexibility index (Phi) is 2.68. The van der Waals surface area contributed by atoms with Gasteiger partial charge in [0.25, 0.3) is 0 Å². The van der Waals surface area contributed by atoms with E-state index in [0.717, 1.165) is 17.1 Å². The standard InChI is InChI=1S/C13H10F2O2S/c14-13(15)11(7-16)18-10-6-5-8-3-1-2-4-9(8)12(10)17-13/h1-6,11,16H,7H2. The lowest BCUT2D eigenvalue weighted by molar-refractivity contribution is -0.183. The number of hydrogen-bond acceptors (Lipinski definition) is 3. The third-order valence-electron chi connectivity index (χ3n) is 2.89. The lowest BCUT2D eigenvalue weighted by Gasteiger charge is -2.31. The summed E-state index contributed by atoms with van der Waals surface area (Å²) >= 11 is 0.954. The molecule has 3 rings (SSSR count). The second-order valence-electron chi connectivity index (χ2n) is 4.07. The van der Waals surface area contributed by atoms with Crippen molar-refractivity contribution in [1.29, 1.82) is 0 Å². The van der Waals surface area contributed by atoms with Gasteiger partial charge in [0.05, 0.1) is 11.5 Å². The smallest absolute Gasteiger partial charge is 0.412 e. The van der Waals surface area contributed by atoms with Crippen LogP contribution in [-0.2, 0) is 0 Å². The number of aliphatic hydroxyl groups excluding tert-OH is 1. The minimum Gasteiger partial charge on any atom is -0.430 e. The number of halogens is 2. The Balaban J connectivity index is 2.18. The molecule has 0 bridgehead atoms. The third kappa shape index (κ3) is 1.74. The van der Waals surface area contributed by atoms with E-state index in [1.165, 1.54) is 0 Å². The summed E-state index contributed by atoms with van der Waals surface area (Å²) < 4.78 is 32.2. The Morgan fingerprint density at radius 1 is 1.22 bits per heavy atom. The monoisotopic (exact) mass is 268 g/mol. The van der Waals surface area contributed by atoms with E-state index in [1.54, 1.807) is 18.2 Å². The van der Waals surface area contributed by atoms with Crippen LogP contribution in [0, 0.1) is 0 Å². The SMILES string of the molecule is OCC1Sc2ccc3ccccc3c2OC1(F)F. The first-order valence-corrected chi connectivity index (χ1v) is 6.36. The van der Waals surface area contributed by atoms with Crippen molar-refractivity contribution >= 4 is 22.5 Å². The van der Waals surface area contributed by atoms with Crippen LogP contribution in [0.3, 0.4) is 0 Å². The molecule has 94 valence electrons. The number of hydrogen-bond donors (Lipinski definition) is 1. The van der Waals surface area contributed by atoms with E-state index >= 15 is 0 Å². The number of thioether (sulfide) groups is 1. The molecule has 1 atom stereocenters. The van der Waals surface area contributed by atoms with Crippen LogP contribution < -0.4 is 4.74 Å². The number of aliphatic hydroxyl groups is 1. The molecule has 1 heterocycles. The van der Waals surface area contributed by atoms with E-state index < -0.39 is 18.0 Å². The molecule has 1 unspecified atom stereocenters. The molecule has 2 aromatic rings. The maximum atomic E-state index is 13.7. The minimum atomic E-state index is -3.35. The molecule has 0 aromatic heterocycles. The van der Waals surface area contributed by atoms with Gasteiger partial charge in [-0.1, -0.05) is 30.3 Å². The molecule has 0 fully saturated rings. The average Bonchev–Trinajstić information content (AvgIpc) is 2.37. The summed E-state index contributed by atoms with van der Waals surface area (Å²) in [5, 5.41) is 9.25. The van der Waals surface area contributed by atoms with Crippen molar-refractivity contribution in [3.05, 3.63) is 36.4 Å². The first kappa shape index (κ1) is 11.7. The lowest BCUT2D eigenvalue weighted by Crippen LogP contribution is -2.41. The quantitative estimate of drug-likeness (QED) is 0.860. The molecule has 0 spiro atoms. The summed E-state index contributed by atoms with van der Waals surface area (Å²) in [7, 11) is 0. The van der Waals surface area contributed by atoms with Crippen molar-refractivity contribution in [2.45, 2.75) is 16.3 Å². The van der Waals surface area contributed by atoms with E-state index in [4.69, 9.17) is 9.84 Å². The molecule has 1 N–H and O–H groups in total. The molecule has 5 heteroatoms. The van der Waals surface area contributed by atoms with Gasteiger partial charge in [-0.15, -0.1) is 11.8 Å². The summed E-state index contributed by atoms with van der Waals surface area (Å²) in [6, 6.07) is 10.8. The highest BCUT2D eigenvalue weighted by Crippen LogP contribution is 2.48. The number of alkyl halides is 2. The van der Waals surface area contributed by atoms with E-state index in [1.807, 2.05) is 18.2 Å². The second kappa shape index (κ2) is 4.10. The fourth-order valence-corrected chi connectivity index (χ4v) is 2.96. The second-order valence-corrected chi connectivity index (χ2v) is 5.31. The van der Waals surface area contributed by atoms with Crippen molar-refractivity contribution in [2.24, 2.45) is 0 Å². The molecule has 0 amide bonds. The van der Waals surface area contributed by atoms with Gasteiger partial charge in [0.1, 0.15) is 11.0 Å². The summed E-state index contributed by atoms with van der Waals surface area (Å²) in [5.41, 5.74) is 0. The molecular formula is C13H10F2O2S. The topological polar surface area (TPSA) is 29.5 Å². The highest BCUT2D eigenvalue weighted by molar-refractivity contribution is 8.00. The van der Waals surface area contributed by atoms with E-state index in [0.29, 0.717) is 10.3 Å². The van der Waals surface area contributed by atoms with Gasteiger partial charge in [0, 0.05) is 5.39 Å². The molecule has 2 aromatic carbocycles. The highest BCUT2D eigenvalue weighted by atomic mass is 32.2. The predicted molar refractivity (Wildman–Crippen MR) is 66.3 cm³/mol. The number of benzene rings is 2. The van der Waals surface area contributed by atoms with Gasteiger partial charge in [-0.25, -0.2) is 0 Å². The highest BCUT2D eigenvalue weighted by Gasteiger charge is 2.47. The van der Waals surface area contributed by atoms with E-state index in [2.05, 4.69) is 0 Å². The van der Waals surface area contributed by atoms with Crippen LogP contribution in [0.15, 0.2) is 41.3 Å². The third-order valence-corrected chi connectivity index (χ3v) is 4.17. The lowest BCUT2D eigenvalue weighted by atomic mass is 10.1. The molecule has 0 aliphatic carbocycles. The Hall–Kier alpha value is -1.33. The first-order valence-electron chi connectivity index (χ1n) is 5.48. The van der Waals surface area contributed by atoms with Crippen LogP contribution in [0.1, 0.15) is 0 Å². The van der Waals surface area contributed by atoms with E-state index in [9.17, 15) is 8.78 Å². The van der Waals surface area contributed by atoms with Crippen LogP contribution in [0.5, 0.6) is 5.75 Å². The summed E-state index contributed by atoms with van der Waals surface area (Å²) in [4.78, 5) is 0.638. The van der Waals surface area contributed by atoms with Crippen LogP contribution in [0.2, 0.25) is 0 Å². The fourth-order valence-electron chi connectivity index (χ4n) is 1.99. The molecule has 2 nitrogen and oxygen atoms in total. The van der Waals surface area contributed by atoms with E-state index in [-0.39, 0.29) is 5.75 Å². The predicted octanol–water partition coefficient (Wildman–Crippen LogP) is 3.28. The number of fused-ring (bicyclic) bond motifs is 3. The molecule has 1 aliphatic heterocycles. The van der Waals surface area contributed by atoms with Gasteiger partial charge in [0.2, 0.25) is 0 Å². The molecule has 18 heavy (non-hydrogen) atoms. The van der Waals surface area contributed by atoms with Gasteiger partial charge in [-0.05, 0) is 11.5 Å². The fraction of sp³-hybridized carbons (Fsp3) is 0.231. The van der Waals surface area contributed by atoms with Gasteiger partial charge in [-0.3, -0.25) is 0 Å². The first-order chi connectivity index (χ1) is 8.62. The number of ether oxygens (including phenoxy) is 1. The van der Waals surface area contributed by atoms with Crippen molar-refractivity contribution < 1.29 is 18.6 Å². The zero-order chi connectivity index (χ0) is 12.8. The normalized spacial score (nSPS) is 21.4. The molecule has 0 radical (unpaired) electrons. The van der Waals surface area contributed by atoms with Gasteiger partial charge < -0.3 is 9.84 Å². The Bertz CT molecular complexity index is 601. The number of rotatable bonds is 1. The maximum absolute atomic E-state index is 13.7. The largest absolute Gasteiger partial charge is 0.430 e. The Labute approximate surface area is 107 Å². The average molecular weight is 268 g/mol. The van der Waals surface area contributed by atoms with Gasteiger partial charge in [-0.2, -0.15) is 8.78 Å². The summed E-state index contributed by atoms with van der Waals surface area (Å²) in [6.45, 7) is -0.621. The maximum Gasteiger partial charge on any atom is 0.412 e. The summed E-state index contributed by atoms with van der Waals surface area (Å²) in [5.74, 6) is 0.202. The van der Waals surface area contributed by atoms with Crippen molar-refractivity contribution in [1.82, 2.24) is 0 Å². The zero-order valence-electron chi connectivity index (χ0n) is 9.27. The molecule has 1 aliphatic rings. The minimum absolute atomic E-state index is 0.202. The molecular weight excluding hydrogens is 258 g/mol. The van der Waals surface area contributed by atoms with Crippen LogP contribution >= 0.6 is 11.8 Å². The Morgan fingerprint density at radius 2 is 2.00 bits per heavy atom. The molecule has 0 saturated carbocycles. The van der Waals surface area contributed by atoms with Crippen LogP contribution in [0.4, 0.5) is 8.78 Å². The van der Waals surface area contributed by atoms with Crippen molar-refractivity contribution in [2.75, 3.05) is 6.61 Å². The van der Waals surface area contributed by atoms with Crippen LogP contribution in [-0.4, -0.2) is 23.1 Å². The van der Waals surface area contributed by atoms with Gasteiger partial charge >= 0.3 is 6.11 Å². The Morgan fingerprint density at radius 3 is 2.78 bits per heavy atom. The van der Waals surface area contributed by atoms with Crippen LogP contribution in [0.25, 0.3) is 10.8 Å². The zero-order valence-corrected chi connectivity index (χ0v) is 10.1. The van der Waals surface area contributed by atoms with Gasteiger partial charge in [0.15, 0.2) is 0 Å². The van der Waals surface area contributed by atoms with Crippen molar-refractivity contribution in [3.63, 3.8) is 0 Å². The van der Waals surface area contributed by atoms with Crippen molar-refractivity contribution in [3.8, 4) is 5.75 Å². The molecule has 0 saturated heterocycles.